The van der Waals surface area contributed by atoms with Crippen molar-refractivity contribution in [2.45, 2.75) is 31.3 Å². The summed E-state index contributed by atoms with van der Waals surface area (Å²) in [5, 5.41) is 6.17. The van der Waals surface area contributed by atoms with Crippen LogP contribution in [0.25, 0.3) is 0 Å². The Kier molecular flexibility index (Phi) is 7.28. The number of rotatable bonds is 7. The third kappa shape index (κ3) is 6.40. The third-order valence-corrected chi connectivity index (χ3v) is 4.92. The summed E-state index contributed by atoms with van der Waals surface area (Å²) in [7, 11) is 0. The molecule has 1 unspecified atom stereocenters. The number of hydrogen-bond donors (Lipinski definition) is 2. The van der Waals surface area contributed by atoms with Crippen molar-refractivity contribution < 1.29 is 9.59 Å². The summed E-state index contributed by atoms with van der Waals surface area (Å²) < 4.78 is 0. The molecule has 2 rings (SSSR count). The summed E-state index contributed by atoms with van der Waals surface area (Å²) in [5.41, 5.74) is 1.76. The molecule has 1 atom stereocenters. The van der Waals surface area contributed by atoms with Gasteiger partial charge < -0.3 is 10.6 Å². The zero-order valence-corrected chi connectivity index (χ0v) is 15.7. The Labute approximate surface area is 156 Å². The molecule has 1 heterocycles. The molecule has 0 spiro atoms. The van der Waals surface area contributed by atoms with Gasteiger partial charge in [-0.3, -0.25) is 14.6 Å². The van der Waals surface area contributed by atoms with E-state index in [9.17, 15) is 9.59 Å². The normalized spacial score (nSPS) is 11.6. The van der Waals surface area contributed by atoms with E-state index < -0.39 is 6.04 Å². The molecule has 0 fully saturated rings. The molecule has 0 saturated heterocycles. The van der Waals surface area contributed by atoms with Gasteiger partial charge in [-0.15, -0.1) is 11.8 Å². The quantitative estimate of drug-likeness (QED) is 0.728. The number of hydrogen-bond acceptors (Lipinski definition) is 4. The highest BCUT2D eigenvalue weighted by Crippen LogP contribution is 2.25. The standard InChI is InChI=1S/C18H20ClN3O2S/c1-12-6-7-15(9-16(12)19)25-11-17(22-13(2)23)18(24)21-10-14-5-3-4-8-20-14/h3-9,17H,10-11H2,1-2H3,(H,21,24)(H,22,23). The van der Waals surface area contributed by atoms with Gasteiger partial charge in [0, 0.05) is 28.8 Å². The Balaban J connectivity index is 1.95. The molecule has 0 bridgehead atoms. The number of carbonyl (C=O) groups excluding carboxylic acids is 2. The number of pyridine rings is 1. The second kappa shape index (κ2) is 9.44. The number of nitrogens with zero attached hydrogens (tertiary/aromatic N) is 1. The van der Waals surface area contributed by atoms with Crippen LogP contribution in [0.1, 0.15) is 18.2 Å². The van der Waals surface area contributed by atoms with Gasteiger partial charge in [0.2, 0.25) is 11.8 Å². The molecule has 25 heavy (non-hydrogen) atoms. The minimum absolute atomic E-state index is 0.244. The van der Waals surface area contributed by atoms with E-state index in [4.69, 9.17) is 11.6 Å². The lowest BCUT2D eigenvalue weighted by Crippen LogP contribution is -2.47. The Morgan fingerprint density at radius 3 is 2.72 bits per heavy atom. The van der Waals surface area contributed by atoms with Gasteiger partial charge >= 0.3 is 0 Å². The number of nitrogens with one attached hydrogen (secondary N) is 2. The smallest absolute Gasteiger partial charge is 0.243 e. The molecule has 2 amide bonds. The zero-order valence-electron chi connectivity index (χ0n) is 14.1. The number of thioether (sulfide) groups is 1. The molecule has 5 nitrogen and oxygen atoms in total. The summed E-state index contributed by atoms with van der Waals surface area (Å²) in [5.74, 6) is -0.0837. The molecule has 0 saturated carbocycles. The second-order valence-electron chi connectivity index (χ2n) is 5.51. The number of carbonyl (C=O) groups is 2. The van der Waals surface area contributed by atoms with Gasteiger partial charge in [0.25, 0.3) is 0 Å². The van der Waals surface area contributed by atoms with Crippen LogP contribution >= 0.6 is 23.4 Å². The molecule has 7 heteroatoms. The van der Waals surface area contributed by atoms with Crippen molar-refractivity contribution in [1.82, 2.24) is 15.6 Å². The summed E-state index contributed by atoms with van der Waals surface area (Å²) in [6.07, 6.45) is 1.67. The number of amides is 2. The second-order valence-corrected chi connectivity index (χ2v) is 7.01. The van der Waals surface area contributed by atoms with E-state index in [2.05, 4.69) is 15.6 Å². The Morgan fingerprint density at radius 1 is 1.28 bits per heavy atom. The van der Waals surface area contributed by atoms with E-state index in [-0.39, 0.29) is 11.8 Å². The third-order valence-electron chi connectivity index (χ3n) is 3.42. The average Bonchev–Trinajstić information content (AvgIpc) is 2.60. The van der Waals surface area contributed by atoms with Gasteiger partial charge in [0.05, 0.1) is 12.2 Å². The molecule has 1 aromatic carbocycles. The largest absolute Gasteiger partial charge is 0.349 e. The summed E-state index contributed by atoms with van der Waals surface area (Å²) in [6, 6.07) is 10.6. The molecule has 0 aliphatic heterocycles. The Bertz CT molecular complexity index is 740. The minimum Gasteiger partial charge on any atom is -0.349 e. The van der Waals surface area contributed by atoms with E-state index in [0.29, 0.717) is 17.3 Å². The fraction of sp³-hybridized carbons (Fsp3) is 0.278. The maximum absolute atomic E-state index is 12.4. The SMILES string of the molecule is CC(=O)NC(CSc1ccc(C)c(Cl)c1)C(=O)NCc1ccccn1. The first-order chi connectivity index (χ1) is 12.0. The van der Waals surface area contributed by atoms with Crippen LogP contribution in [0, 0.1) is 6.92 Å². The molecule has 132 valence electrons. The summed E-state index contributed by atoms with van der Waals surface area (Å²) in [6.45, 7) is 3.64. The van der Waals surface area contributed by atoms with Gasteiger partial charge in [0.1, 0.15) is 6.04 Å². The molecule has 1 aromatic heterocycles. The average molecular weight is 378 g/mol. The van der Waals surface area contributed by atoms with Crippen molar-refractivity contribution in [3.63, 3.8) is 0 Å². The van der Waals surface area contributed by atoms with E-state index >= 15 is 0 Å². The fourth-order valence-corrected chi connectivity index (χ4v) is 3.28. The Hall–Kier alpha value is -2.05. The number of halogens is 1. The van der Waals surface area contributed by atoms with Crippen LogP contribution in [0.15, 0.2) is 47.5 Å². The minimum atomic E-state index is -0.633. The summed E-state index contributed by atoms with van der Waals surface area (Å²) >= 11 is 7.59. The van der Waals surface area contributed by atoms with Crippen molar-refractivity contribution in [3.05, 3.63) is 58.9 Å². The first-order valence-electron chi connectivity index (χ1n) is 7.79. The van der Waals surface area contributed by atoms with E-state index in [0.717, 1.165) is 16.2 Å². The van der Waals surface area contributed by atoms with Crippen molar-refractivity contribution >= 4 is 35.2 Å². The predicted molar refractivity (Wildman–Crippen MR) is 101 cm³/mol. The molecule has 0 radical (unpaired) electrons. The highest BCUT2D eigenvalue weighted by atomic mass is 35.5. The number of aryl methyl sites for hydroxylation is 1. The maximum atomic E-state index is 12.4. The van der Waals surface area contributed by atoms with E-state index in [1.165, 1.54) is 18.7 Å². The fourth-order valence-electron chi connectivity index (χ4n) is 2.07. The van der Waals surface area contributed by atoms with Gasteiger partial charge in [-0.2, -0.15) is 0 Å². The van der Waals surface area contributed by atoms with Crippen LogP contribution in [0.5, 0.6) is 0 Å². The predicted octanol–water partition coefficient (Wildman–Crippen LogP) is 2.96. The first-order valence-corrected chi connectivity index (χ1v) is 9.15. The van der Waals surface area contributed by atoms with Crippen molar-refractivity contribution in [2.24, 2.45) is 0 Å². The lowest BCUT2D eigenvalue weighted by atomic mass is 10.2. The van der Waals surface area contributed by atoms with Gasteiger partial charge in [-0.25, -0.2) is 0 Å². The molecule has 2 N–H and O–H groups in total. The van der Waals surface area contributed by atoms with Crippen LogP contribution in [-0.4, -0.2) is 28.6 Å². The molecular weight excluding hydrogens is 358 g/mol. The topological polar surface area (TPSA) is 71.1 Å². The lowest BCUT2D eigenvalue weighted by Gasteiger charge is -2.17. The van der Waals surface area contributed by atoms with Gasteiger partial charge in [-0.1, -0.05) is 23.7 Å². The van der Waals surface area contributed by atoms with Crippen LogP contribution in [0.3, 0.4) is 0 Å². The van der Waals surface area contributed by atoms with Crippen LogP contribution in [-0.2, 0) is 16.1 Å². The van der Waals surface area contributed by atoms with Gasteiger partial charge in [-0.05, 0) is 36.8 Å². The van der Waals surface area contributed by atoms with E-state index in [1.54, 1.807) is 6.20 Å². The lowest BCUT2D eigenvalue weighted by molar-refractivity contribution is -0.127. The summed E-state index contributed by atoms with van der Waals surface area (Å²) in [4.78, 5) is 28.9. The van der Waals surface area contributed by atoms with Crippen LogP contribution < -0.4 is 10.6 Å². The first kappa shape index (κ1) is 19.3. The van der Waals surface area contributed by atoms with Crippen molar-refractivity contribution in [3.8, 4) is 0 Å². The maximum Gasteiger partial charge on any atom is 0.243 e. The van der Waals surface area contributed by atoms with E-state index in [1.807, 2.05) is 43.3 Å². The van der Waals surface area contributed by atoms with Crippen LogP contribution in [0.2, 0.25) is 5.02 Å². The number of aromatic nitrogens is 1. The van der Waals surface area contributed by atoms with Crippen molar-refractivity contribution in [2.75, 3.05) is 5.75 Å². The van der Waals surface area contributed by atoms with Crippen LogP contribution in [0.4, 0.5) is 0 Å². The molecule has 0 aliphatic rings. The highest BCUT2D eigenvalue weighted by molar-refractivity contribution is 7.99. The molecular formula is C18H20ClN3O2S. The zero-order chi connectivity index (χ0) is 18.2. The Morgan fingerprint density at radius 2 is 2.08 bits per heavy atom. The monoisotopic (exact) mass is 377 g/mol. The molecule has 0 aliphatic carbocycles. The number of benzene rings is 1. The van der Waals surface area contributed by atoms with Gasteiger partial charge in [0.15, 0.2) is 0 Å². The highest BCUT2D eigenvalue weighted by Gasteiger charge is 2.19. The molecule has 2 aromatic rings. The van der Waals surface area contributed by atoms with Crippen molar-refractivity contribution in [1.29, 1.82) is 0 Å².